The first-order chi connectivity index (χ1) is 7.15. The molecule has 3 heteroatoms. The maximum Gasteiger partial charge on any atom is 0.237 e. The summed E-state index contributed by atoms with van der Waals surface area (Å²) in [7, 11) is 0. The van der Waals surface area contributed by atoms with E-state index in [1.165, 1.54) is 32.1 Å². The van der Waals surface area contributed by atoms with Gasteiger partial charge in [-0.15, -0.1) is 0 Å². The van der Waals surface area contributed by atoms with Gasteiger partial charge < -0.3 is 11.1 Å². The Hall–Kier alpha value is -0.570. The number of nitrogens with two attached hydrogens (primary N) is 1. The lowest BCUT2D eigenvalue weighted by molar-refractivity contribution is -0.123. The van der Waals surface area contributed by atoms with E-state index < -0.39 is 0 Å². The summed E-state index contributed by atoms with van der Waals surface area (Å²) < 4.78 is 0. The van der Waals surface area contributed by atoms with Crippen molar-refractivity contribution < 1.29 is 4.79 Å². The van der Waals surface area contributed by atoms with Crippen LogP contribution in [0.5, 0.6) is 0 Å². The minimum Gasteiger partial charge on any atom is -0.352 e. The molecule has 0 aromatic heterocycles. The summed E-state index contributed by atoms with van der Waals surface area (Å²) in [6.45, 7) is 4.05. The van der Waals surface area contributed by atoms with Crippen LogP contribution < -0.4 is 11.1 Å². The van der Waals surface area contributed by atoms with Crippen molar-refractivity contribution >= 4 is 5.91 Å². The first-order valence-corrected chi connectivity index (χ1v) is 6.21. The van der Waals surface area contributed by atoms with Crippen molar-refractivity contribution in [2.45, 2.75) is 64.5 Å². The molecule has 0 aliphatic heterocycles. The normalized spacial score (nSPS) is 22.1. The van der Waals surface area contributed by atoms with Crippen molar-refractivity contribution in [1.29, 1.82) is 0 Å². The highest BCUT2D eigenvalue weighted by Crippen LogP contribution is 2.26. The van der Waals surface area contributed by atoms with E-state index in [1.807, 2.05) is 6.92 Å². The molecule has 1 amide bonds. The third-order valence-electron chi connectivity index (χ3n) is 3.50. The molecule has 0 spiro atoms. The predicted octanol–water partition coefficient (Wildman–Crippen LogP) is 1.81. The van der Waals surface area contributed by atoms with Gasteiger partial charge in [-0.2, -0.15) is 0 Å². The maximum absolute atomic E-state index is 11.6. The number of carbonyl (C=O) groups is 1. The van der Waals surface area contributed by atoms with Gasteiger partial charge in [0.2, 0.25) is 5.91 Å². The Kier molecular flexibility index (Phi) is 5.09. The van der Waals surface area contributed by atoms with Crippen LogP contribution in [0.1, 0.15) is 52.4 Å². The first kappa shape index (κ1) is 12.5. The molecular formula is C12H24N2O. The lowest BCUT2D eigenvalue weighted by Gasteiger charge is -2.29. The molecule has 2 atom stereocenters. The number of hydrogen-bond donors (Lipinski definition) is 2. The predicted molar refractivity (Wildman–Crippen MR) is 62.4 cm³/mol. The molecular weight excluding hydrogens is 188 g/mol. The van der Waals surface area contributed by atoms with E-state index >= 15 is 0 Å². The van der Waals surface area contributed by atoms with Crippen LogP contribution in [0, 0.1) is 5.92 Å². The highest BCUT2D eigenvalue weighted by atomic mass is 16.2. The summed E-state index contributed by atoms with van der Waals surface area (Å²) in [6, 6.07) is -0.0496. The van der Waals surface area contributed by atoms with E-state index in [9.17, 15) is 4.79 Å². The average Bonchev–Trinajstić information content (AvgIpc) is 2.29. The third kappa shape index (κ3) is 3.82. The molecule has 3 nitrogen and oxygen atoms in total. The van der Waals surface area contributed by atoms with Crippen LogP contribution in [0.3, 0.4) is 0 Å². The van der Waals surface area contributed by atoms with Gasteiger partial charge in [0, 0.05) is 6.04 Å². The van der Waals surface area contributed by atoms with Gasteiger partial charge in [0.05, 0.1) is 6.04 Å². The zero-order chi connectivity index (χ0) is 11.3. The maximum atomic E-state index is 11.6. The highest BCUT2D eigenvalue weighted by molar-refractivity contribution is 5.81. The zero-order valence-corrected chi connectivity index (χ0v) is 9.96. The van der Waals surface area contributed by atoms with E-state index in [2.05, 4.69) is 12.2 Å². The smallest absolute Gasteiger partial charge is 0.237 e. The second-order valence-corrected chi connectivity index (χ2v) is 4.71. The summed E-state index contributed by atoms with van der Waals surface area (Å²) in [6.07, 6.45) is 7.19. The van der Waals surface area contributed by atoms with Crippen LogP contribution in [-0.4, -0.2) is 18.0 Å². The molecule has 88 valence electrons. The lowest BCUT2D eigenvalue weighted by atomic mass is 9.84. The summed E-state index contributed by atoms with van der Waals surface area (Å²) in [5, 5.41) is 3.04. The third-order valence-corrected chi connectivity index (χ3v) is 3.50. The molecule has 0 aromatic carbocycles. The second kappa shape index (κ2) is 6.11. The zero-order valence-electron chi connectivity index (χ0n) is 9.96. The van der Waals surface area contributed by atoms with Gasteiger partial charge in [0.15, 0.2) is 0 Å². The Morgan fingerprint density at radius 3 is 2.53 bits per heavy atom. The molecule has 0 bridgehead atoms. The minimum absolute atomic E-state index is 0.00979. The van der Waals surface area contributed by atoms with Crippen LogP contribution >= 0.6 is 0 Å². The SMILES string of the molecule is CC[C@@H](N)C(=O)NC(C)C1CCCCC1. The Balaban J connectivity index is 2.33. The highest BCUT2D eigenvalue weighted by Gasteiger charge is 2.22. The molecule has 1 unspecified atom stereocenters. The molecule has 0 heterocycles. The molecule has 1 aliphatic carbocycles. The van der Waals surface area contributed by atoms with Gasteiger partial charge in [-0.25, -0.2) is 0 Å². The topological polar surface area (TPSA) is 55.1 Å². The fourth-order valence-electron chi connectivity index (χ4n) is 2.27. The number of nitrogens with one attached hydrogen (secondary N) is 1. The van der Waals surface area contributed by atoms with Crippen LogP contribution in [0.2, 0.25) is 0 Å². The molecule has 1 fully saturated rings. The van der Waals surface area contributed by atoms with Crippen LogP contribution in [0.4, 0.5) is 0 Å². The molecule has 1 rings (SSSR count). The summed E-state index contributed by atoms with van der Waals surface area (Å²) in [5.74, 6) is 0.669. The lowest BCUT2D eigenvalue weighted by Crippen LogP contribution is -2.46. The first-order valence-electron chi connectivity index (χ1n) is 6.21. The van der Waals surface area contributed by atoms with Crippen molar-refractivity contribution in [3.8, 4) is 0 Å². The van der Waals surface area contributed by atoms with E-state index in [0.29, 0.717) is 12.3 Å². The fraction of sp³-hybridized carbons (Fsp3) is 0.917. The molecule has 1 aliphatic rings. The molecule has 3 N–H and O–H groups in total. The van der Waals surface area contributed by atoms with Crippen molar-refractivity contribution in [3.63, 3.8) is 0 Å². The standard InChI is InChI=1S/C12H24N2O/c1-3-11(13)12(15)14-9(2)10-7-5-4-6-8-10/h9-11H,3-8,13H2,1-2H3,(H,14,15)/t9?,11-/m1/s1. The minimum atomic E-state index is -0.337. The van der Waals surface area contributed by atoms with Crippen molar-refractivity contribution in [3.05, 3.63) is 0 Å². The molecule has 1 saturated carbocycles. The van der Waals surface area contributed by atoms with E-state index in [0.717, 1.165) is 0 Å². The molecule has 0 radical (unpaired) electrons. The van der Waals surface area contributed by atoms with Gasteiger partial charge in [-0.3, -0.25) is 4.79 Å². The molecule has 0 saturated heterocycles. The Morgan fingerprint density at radius 1 is 1.40 bits per heavy atom. The second-order valence-electron chi connectivity index (χ2n) is 4.71. The number of hydrogen-bond acceptors (Lipinski definition) is 2. The van der Waals surface area contributed by atoms with Crippen molar-refractivity contribution in [2.75, 3.05) is 0 Å². The fourth-order valence-corrected chi connectivity index (χ4v) is 2.27. The largest absolute Gasteiger partial charge is 0.352 e. The Bertz CT molecular complexity index is 200. The average molecular weight is 212 g/mol. The summed E-state index contributed by atoms with van der Waals surface area (Å²) in [5.41, 5.74) is 5.68. The van der Waals surface area contributed by atoms with Gasteiger partial charge in [0.1, 0.15) is 0 Å². The van der Waals surface area contributed by atoms with E-state index in [4.69, 9.17) is 5.73 Å². The number of carbonyl (C=O) groups excluding carboxylic acids is 1. The Morgan fingerprint density at radius 2 is 2.00 bits per heavy atom. The Labute approximate surface area is 92.8 Å². The quantitative estimate of drug-likeness (QED) is 0.746. The van der Waals surface area contributed by atoms with Gasteiger partial charge >= 0.3 is 0 Å². The van der Waals surface area contributed by atoms with Crippen molar-refractivity contribution in [1.82, 2.24) is 5.32 Å². The van der Waals surface area contributed by atoms with Crippen LogP contribution in [0.15, 0.2) is 0 Å². The van der Waals surface area contributed by atoms with Crippen LogP contribution in [-0.2, 0) is 4.79 Å². The summed E-state index contributed by atoms with van der Waals surface area (Å²) in [4.78, 5) is 11.6. The van der Waals surface area contributed by atoms with E-state index in [1.54, 1.807) is 0 Å². The van der Waals surface area contributed by atoms with Crippen molar-refractivity contribution in [2.24, 2.45) is 11.7 Å². The summed E-state index contributed by atoms with van der Waals surface area (Å²) >= 11 is 0. The van der Waals surface area contributed by atoms with E-state index in [-0.39, 0.29) is 18.0 Å². The number of amides is 1. The number of rotatable bonds is 4. The molecule has 0 aromatic rings. The molecule has 15 heavy (non-hydrogen) atoms. The van der Waals surface area contributed by atoms with Crippen LogP contribution in [0.25, 0.3) is 0 Å². The van der Waals surface area contributed by atoms with Gasteiger partial charge in [-0.1, -0.05) is 26.2 Å². The van der Waals surface area contributed by atoms with Gasteiger partial charge in [0.25, 0.3) is 0 Å². The monoisotopic (exact) mass is 212 g/mol. The van der Waals surface area contributed by atoms with Gasteiger partial charge in [-0.05, 0) is 32.1 Å².